The molecule has 0 heterocycles. The minimum absolute atomic E-state index is 0.0248. The third kappa shape index (κ3) is 3.92. The van der Waals surface area contributed by atoms with E-state index in [9.17, 15) is 14.7 Å². The normalized spacial score (nSPS) is 10.4. The number of carbonyl (C=O) groups is 2. The third-order valence-electron chi connectivity index (χ3n) is 3.91. The molecule has 0 saturated carbocycles. The second-order valence-corrected chi connectivity index (χ2v) is 6.34. The van der Waals surface area contributed by atoms with Gasteiger partial charge in [-0.05, 0) is 53.9 Å². The summed E-state index contributed by atoms with van der Waals surface area (Å²) in [7, 11) is 0. The molecule has 0 atom stereocenters. The molecule has 0 spiro atoms. The first-order chi connectivity index (χ1) is 12.4. The van der Waals surface area contributed by atoms with E-state index >= 15 is 0 Å². The van der Waals surface area contributed by atoms with Crippen LogP contribution in [0.1, 0.15) is 26.3 Å². The van der Waals surface area contributed by atoms with Gasteiger partial charge in [0, 0.05) is 10.6 Å². The zero-order valence-electron chi connectivity index (χ0n) is 14.0. The predicted octanol–water partition coefficient (Wildman–Crippen LogP) is 5.27. The van der Waals surface area contributed by atoms with Crippen LogP contribution < -0.4 is 5.32 Å². The average molecular weight is 366 g/mol. The number of carboxylic acids is 1. The summed E-state index contributed by atoms with van der Waals surface area (Å²) >= 11 is 6.01. The highest BCUT2D eigenvalue weighted by Crippen LogP contribution is 2.26. The lowest BCUT2D eigenvalue weighted by molar-refractivity contribution is 0.0698. The van der Waals surface area contributed by atoms with Gasteiger partial charge in [-0.1, -0.05) is 48.0 Å². The summed E-state index contributed by atoms with van der Waals surface area (Å²) in [5.74, 6) is -1.52. The van der Waals surface area contributed by atoms with Crippen molar-refractivity contribution >= 4 is 29.2 Å². The van der Waals surface area contributed by atoms with Gasteiger partial charge in [-0.2, -0.15) is 0 Å². The van der Waals surface area contributed by atoms with Crippen molar-refractivity contribution in [1.29, 1.82) is 0 Å². The lowest BCUT2D eigenvalue weighted by Crippen LogP contribution is -2.15. The molecule has 3 aromatic carbocycles. The van der Waals surface area contributed by atoms with Crippen molar-refractivity contribution in [2.45, 2.75) is 6.92 Å². The van der Waals surface area contributed by atoms with Gasteiger partial charge in [0.2, 0.25) is 0 Å². The zero-order chi connectivity index (χ0) is 18.7. The molecule has 1 amide bonds. The number of amides is 1. The second kappa shape index (κ2) is 7.42. The van der Waals surface area contributed by atoms with Crippen LogP contribution in [0.15, 0.2) is 66.7 Å². The maximum Gasteiger partial charge on any atom is 0.337 e. The maximum absolute atomic E-state index is 12.6. The van der Waals surface area contributed by atoms with Crippen LogP contribution in [-0.2, 0) is 0 Å². The molecule has 2 N–H and O–H groups in total. The summed E-state index contributed by atoms with van der Waals surface area (Å²) in [4.78, 5) is 24.1. The van der Waals surface area contributed by atoms with Crippen molar-refractivity contribution < 1.29 is 14.7 Å². The molecule has 0 unspecified atom stereocenters. The molecule has 0 aliphatic rings. The second-order valence-electron chi connectivity index (χ2n) is 5.90. The van der Waals surface area contributed by atoms with Gasteiger partial charge in [0.05, 0.1) is 11.3 Å². The Labute approximate surface area is 156 Å². The number of carboxylic acid groups (broad SMARTS) is 1. The SMILES string of the molecule is Cc1cc(Cl)cc(C(=O)Nc2cc(-c3ccccc3)ccc2C(=O)O)c1. The molecule has 0 bridgehead atoms. The topological polar surface area (TPSA) is 66.4 Å². The van der Waals surface area contributed by atoms with Gasteiger partial charge >= 0.3 is 5.97 Å². The minimum Gasteiger partial charge on any atom is -0.478 e. The Morgan fingerprint density at radius 3 is 2.31 bits per heavy atom. The van der Waals surface area contributed by atoms with E-state index in [4.69, 9.17) is 11.6 Å². The highest BCUT2D eigenvalue weighted by Gasteiger charge is 2.15. The average Bonchev–Trinajstić information content (AvgIpc) is 2.61. The van der Waals surface area contributed by atoms with Crippen molar-refractivity contribution in [1.82, 2.24) is 0 Å². The first-order valence-electron chi connectivity index (χ1n) is 7.95. The Kier molecular flexibility index (Phi) is 5.05. The van der Waals surface area contributed by atoms with Gasteiger partial charge < -0.3 is 10.4 Å². The number of anilines is 1. The molecule has 0 aromatic heterocycles. The van der Waals surface area contributed by atoms with Gasteiger partial charge in [0.15, 0.2) is 0 Å². The molecule has 3 rings (SSSR count). The predicted molar refractivity (Wildman–Crippen MR) is 103 cm³/mol. The zero-order valence-corrected chi connectivity index (χ0v) is 14.7. The summed E-state index contributed by atoms with van der Waals surface area (Å²) in [6.45, 7) is 1.83. The van der Waals surface area contributed by atoms with Crippen LogP contribution in [0, 0.1) is 6.92 Å². The first-order valence-corrected chi connectivity index (χ1v) is 8.33. The maximum atomic E-state index is 12.6. The third-order valence-corrected chi connectivity index (χ3v) is 4.13. The Morgan fingerprint density at radius 1 is 0.923 bits per heavy atom. The number of halogens is 1. The van der Waals surface area contributed by atoms with E-state index in [2.05, 4.69) is 5.32 Å². The number of benzene rings is 3. The minimum atomic E-state index is -1.11. The molecule has 0 radical (unpaired) electrons. The van der Waals surface area contributed by atoms with E-state index in [0.717, 1.165) is 16.7 Å². The highest BCUT2D eigenvalue weighted by atomic mass is 35.5. The van der Waals surface area contributed by atoms with Crippen LogP contribution in [0.5, 0.6) is 0 Å². The molecule has 130 valence electrons. The summed E-state index contributed by atoms with van der Waals surface area (Å²) in [6, 6.07) is 19.4. The fraction of sp³-hybridized carbons (Fsp3) is 0.0476. The summed E-state index contributed by atoms with van der Waals surface area (Å²) in [5, 5.41) is 12.6. The van der Waals surface area contributed by atoms with E-state index in [1.54, 1.807) is 30.3 Å². The van der Waals surface area contributed by atoms with Gasteiger partial charge in [0.1, 0.15) is 0 Å². The molecule has 4 nitrogen and oxygen atoms in total. The van der Waals surface area contributed by atoms with E-state index in [1.807, 2.05) is 37.3 Å². The molecule has 5 heteroatoms. The number of hydrogen-bond acceptors (Lipinski definition) is 2. The van der Waals surface area contributed by atoms with Crippen LogP contribution in [0.2, 0.25) is 5.02 Å². The highest BCUT2D eigenvalue weighted by molar-refractivity contribution is 6.31. The van der Waals surface area contributed by atoms with E-state index in [-0.39, 0.29) is 11.3 Å². The Balaban J connectivity index is 1.99. The number of hydrogen-bond donors (Lipinski definition) is 2. The largest absolute Gasteiger partial charge is 0.478 e. The monoisotopic (exact) mass is 365 g/mol. The van der Waals surface area contributed by atoms with E-state index in [0.29, 0.717) is 10.6 Å². The quantitative estimate of drug-likeness (QED) is 0.662. The van der Waals surface area contributed by atoms with Crippen molar-refractivity contribution in [2.75, 3.05) is 5.32 Å². The first kappa shape index (κ1) is 17.7. The lowest BCUT2D eigenvalue weighted by Gasteiger charge is -2.12. The number of aryl methyl sites for hydroxylation is 1. The Morgan fingerprint density at radius 2 is 1.65 bits per heavy atom. The van der Waals surface area contributed by atoms with Gasteiger partial charge in [-0.3, -0.25) is 4.79 Å². The fourth-order valence-corrected chi connectivity index (χ4v) is 3.00. The van der Waals surface area contributed by atoms with Crippen molar-refractivity contribution in [3.05, 3.63) is 88.4 Å². The Hall–Kier alpha value is -3.11. The molecule has 0 aliphatic carbocycles. The number of rotatable bonds is 4. The van der Waals surface area contributed by atoms with Crippen LogP contribution >= 0.6 is 11.6 Å². The molecule has 3 aromatic rings. The summed E-state index contributed by atoms with van der Waals surface area (Å²) in [6.07, 6.45) is 0. The van der Waals surface area contributed by atoms with E-state index in [1.165, 1.54) is 6.07 Å². The van der Waals surface area contributed by atoms with Crippen LogP contribution in [0.3, 0.4) is 0 Å². The molecular weight excluding hydrogens is 350 g/mol. The smallest absolute Gasteiger partial charge is 0.337 e. The number of aromatic carboxylic acids is 1. The number of carbonyl (C=O) groups excluding carboxylic acids is 1. The standard InChI is InChI=1S/C21H16ClNO3/c1-13-9-16(11-17(22)10-13)20(24)23-19-12-15(7-8-18(19)21(25)26)14-5-3-2-4-6-14/h2-12H,1H3,(H,23,24)(H,25,26). The molecule has 0 fully saturated rings. The van der Waals surface area contributed by atoms with Crippen LogP contribution in [0.4, 0.5) is 5.69 Å². The van der Waals surface area contributed by atoms with E-state index < -0.39 is 11.9 Å². The Bertz CT molecular complexity index is 964. The van der Waals surface area contributed by atoms with Crippen molar-refractivity contribution in [3.63, 3.8) is 0 Å². The summed E-state index contributed by atoms with van der Waals surface area (Å²) < 4.78 is 0. The number of nitrogens with one attached hydrogen (secondary N) is 1. The van der Waals surface area contributed by atoms with Gasteiger partial charge in [0.25, 0.3) is 5.91 Å². The molecular formula is C21H16ClNO3. The van der Waals surface area contributed by atoms with Crippen LogP contribution in [-0.4, -0.2) is 17.0 Å². The fourth-order valence-electron chi connectivity index (χ4n) is 2.71. The van der Waals surface area contributed by atoms with Crippen molar-refractivity contribution in [3.8, 4) is 11.1 Å². The van der Waals surface area contributed by atoms with Crippen molar-refractivity contribution in [2.24, 2.45) is 0 Å². The van der Waals surface area contributed by atoms with Gasteiger partial charge in [-0.25, -0.2) is 4.79 Å². The molecule has 0 aliphatic heterocycles. The molecule has 0 saturated heterocycles. The van der Waals surface area contributed by atoms with Gasteiger partial charge in [-0.15, -0.1) is 0 Å². The lowest BCUT2D eigenvalue weighted by atomic mass is 10.0. The van der Waals surface area contributed by atoms with Crippen LogP contribution in [0.25, 0.3) is 11.1 Å². The summed E-state index contributed by atoms with van der Waals surface area (Å²) in [5.41, 5.74) is 3.22. The molecule has 26 heavy (non-hydrogen) atoms.